The summed E-state index contributed by atoms with van der Waals surface area (Å²) in [6, 6.07) is 3.78. The number of nitrogens with zero attached hydrogens (tertiary/aromatic N) is 2. The van der Waals surface area contributed by atoms with Crippen LogP contribution in [0.15, 0.2) is 18.3 Å². The van der Waals surface area contributed by atoms with Crippen LogP contribution in [0.1, 0.15) is 18.4 Å². The third-order valence-corrected chi connectivity index (χ3v) is 1.94. The molecule has 0 saturated heterocycles. The molecule has 0 aromatic carbocycles. The van der Waals surface area contributed by atoms with E-state index in [0.717, 1.165) is 17.7 Å². The van der Waals surface area contributed by atoms with E-state index < -0.39 is 0 Å². The van der Waals surface area contributed by atoms with Gasteiger partial charge in [0.1, 0.15) is 12.1 Å². The summed E-state index contributed by atoms with van der Waals surface area (Å²) in [4.78, 5) is 16.8. The normalized spacial score (nSPS) is 12.2. The van der Waals surface area contributed by atoms with Gasteiger partial charge in [-0.25, -0.2) is 4.98 Å². The molecule has 70 valence electrons. The van der Waals surface area contributed by atoms with Gasteiger partial charge in [-0.15, -0.1) is 0 Å². The van der Waals surface area contributed by atoms with Gasteiger partial charge in [-0.3, -0.25) is 0 Å². The van der Waals surface area contributed by atoms with Gasteiger partial charge in [0.05, 0.1) is 0 Å². The molecule has 1 atom stereocenters. The summed E-state index contributed by atoms with van der Waals surface area (Å²) < 4.78 is 0. The Kier molecular flexibility index (Phi) is 3.01. The van der Waals surface area contributed by atoms with Gasteiger partial charge in [0.25, 0.3) is 0 Å². The first-order valence-electron chi connectivity index (χ1n) is 4.24. The van der Waals surface area contributed by atoms with E-state index in [1.165, 1.54) is 0 Å². The predicted molar refractivity (Wildman–Crippen MR) is 53.0 cm³/mol. The van der Waals surface area contributed by atoms with E-state index in [1.54, 1.807) is 6.20 Å². The van der Waals surface area contributed by atoms with Gasteiger partial charge in [0.15, 0.2) is 0 Å². The molecular formula is C10H14N2O. The molecule has 0 aliphatic heterocycles. The van der Waals surface area contributed by atoms with Crippen molar-refractivity contribution in [1.29, 1.82) is 0 Å². The second-order valence-corrected chi connectivity index (χ2v) is 3.24. The van der Waals surface area contributed by atoms with Gasteiger partial charge in [-0.1, -0.05) is 13.0 Å². The van der Waals surface area contributed by atoms with Gasteiger partial charge in [-0.05, 0) is 6.07 Å². The first kappa shape index (κ1) is 9.71. The van der Waals surface area contributed by atoms with Crippen molar-refractivity contribution in [3.05, 3.63) is 23.9 Å². The summed E-state index contributed by atoms with van der Waals surface area (Å²) >= 11 is 0. The number of rotatable bonds is 3. The van der Waals surface area contributed by atoms with Crippen molar-refractivity contribution in [3.8, 4) is 0 Å². The molecule has 0 aliphatic carbocycles. The lowest BCUT2D eigenvalue weighted by atomic mass is 10.0. The molecule has 0 radical (unpaired) electrons. The number of carbonyl (C=O) groups excluding carboxylic acids is 1. The Morgan fingerprint density at radius 3 is 2.77 bits per heavy atom. The average Bonchev–Trinajstić information content (AvgIpc) is 2.16. The molecule has 1 rings (SSSR count). The third kappa shape index (κ3) is 2.05. The second-order valence-electron chi connectivity index (χ2n) is 3.24. The van der Waals surface area contributed by atoms with Gasteiger partial charge in [0.2, 0.25) is 0 Å². The fourth-order valence-corrected chi connectivity index (χ4v) is 1.21. The number of pyridine rings is 1. The SMILES string of the molecule is CC(C=O)c1cccnc1N(C)C. The van der Waals surface area contributed by atoms with Crippen LogP contribution < -0.4 is 4.90 Å². The maximum absolute atomic E-state index is 10.6. The van der Waals surface area contributed by atoms with Crippen LogP contribution in [0.2, 0.25) is 0 Å². The fourth-order valence-electron chi connectivity index (χ4n) is 1.21. The Labute approximate surface area is 78.4 Å². The van der Waals surface area contributed by atoms with E-state index in [0.29, 0.717) is 0 Å². The quantitative estimate of drug-likeness (QED) is 0.657. The first-order chi connectivity index (χ1) is 6.16. The summed E-state index contributed by atoms with van der Waals surface area (Å²) in [5.41, 5.74) is 0.975. The average molecular weight is 178 g/mol. The molecule has 13 heavy (non-hydrogen) atoms. The number of hydrogen-bond donors (Lipinski definition) is 0. The van der Waals surface area contributed by atoms with E-state index in [1.807, 2.05) is 38.1 Å². The van der Waals surface area contributed by atoms with Crippen molar-refractivity contribution in [2.45, 2.75) is 12.8 Å². The standard InChI is InChI=1S/C10H14N2O/c1-8(7-13)9-5-4-6-11-10(9)12(2)3/h4-8H,1-3H3. The van der Waals surface area contributed by atoms with E-state index in [9.17, 15) is 4.79 Å². The van der Waals surface area contributed by atoms with E-state index in [2.05, 4.69) is 4.98 Å². The van der Waals surface area contributed by atoms with Crippen LogP contribution in [0.3, 0.4) is 0 Å². The summed E-state index contributed by atoms with van der Waals surface area (Å²) in [6.45, 7) is 1.87. The van der Waals surface area contributed by atoms with E-state index in [-0.39, 0.29) is 5.92 Å². The van der Waals surface area contributed by atoms with Crippen molar-refractivity contribution >= 4 is 12.1 Å². The maximum Gasteiger partial charge on any atom is 0.131 e. The number of carbonyl (C=O) groups is 1. The fraction of sp³-hybridized carbons (Fsp3) is 0.400. The minimum atomic E-state index is -0.0916. The zero-order valence-electron chi connectivity index (χ0n) is 8.19. The Hall–Kier alpha value is -1.38. The van der Waals surface area contributed by atoms with Crippen molar-refractivity contribution in [1.82, 2.24) is 4.98 Å². The highest BCUT2D eigenvalue weighted by Crippen LogP contribution is 2.21. The molecule has 0 amide bonds. The van der Waals surface area contributed by atoms with Crippen LogP contribution in [0.25, 0.3) is 0 Å². The molecule has 3 nitrogen and oxygen atoms in total. The Morgan fingerprint density at radius 2 is 2.23 bits per heavy atom. The van der Waals surface area contributed by atoms with E-state index in [4.69, 9.17) is 0 Å². The molecule has 1 aromatic rings. The molecule has 0 bridgehead atoms. The molecule has 1 heterocycles. The molecular weight excluding hydrogens is 164 g/mol. The summed E-state index contributed by atoms with van der Waals surface area (Å²) in [5.74, 6) is 0.771. The minimum Gasteiger partial charge on any atom is -0.362 e. The summed E-state index contributed by atoms with van der Waals surface area (Å²) in [5, 5.41) is 0. The first-order valence-corrected chi connectivity index (χ1v) is 4.24. The molecule has 3 heteroatoms. The van der Waals surface area contributed by atoms with Crippen molar-refractivity contribution in [2.75, 3.05) is 19.0 Å². The summed E-state index contributed by atoms with van der Waals surface area (Å²) in [6.07, 6.45) is 2.67. The van der Waals surface area contributed by atoms with Crippen LogP contribution in [0.5, 0.6) is 0 Å². The highest BCUT2D eigenvalue weighted by Gasteiger charge is 2.11. The summed E-state index contributed by atoms with van der Waals surface area (Å²) in [7, 11) is 3.84. The van der Waals surface area contributed by atoms with Gasteiger partial charge >= 0.3 is 0 Å². The van der Waals surface area contributed by atoms with Crippen molar-refractivity contribution in [2.24, 2.45) is 0 Å². The zero-order chi connectivity index (χ0) is 9.84. The van der Waals surface area contributed by atoms with Crippen LogP contribution >= 0.6 is 0 Å². The highest BCUT2D eigenvalue weighted by molar-refractivity contribution is 5.66. The predicted octanol–water partition coefficient (Wildman–Crippen LogP) is 1.45. The van der Waals surface area contributed by atoms with Gasteiger partial charge < -0.3 is 9.69 Å². The molecule has 1 unspecified atom stereocenters. The van der Waals surface area contributed by atoms with Gasteiger partial charge in [0, 0.05) is 31.8 Å². The highest BCUT2D eigenvalue weighted by atomic mass is 16.1. The lowest BCUT2D eigenvalue weighted by molar-refractivity contribution is -0.108. The molecule has 0 saturated carbocycles. The molecule has 0 fully saturated rings. The Bertz CT molecular complexity index is 297. The van der Waals surface area contributed by atoms with Crippen LogP contribution in [-0.2, 0) is 4.79 Å². The lowest BCUT2D eigenvalue weighted by Crippen LogP contribution is -2.14. The van der Waals surface area contributed by atoms with E-state index >= 15 is 0 Å². The smallest absolute Gasteiger partial charge is 0.131 e. The largest absolute Gasteiger partial charge is 0.362 e. The number of aldehydes is 1. The number of anilines is 1. The molecule has 0 aliphatic rings. The zero-order valence-corrected chi connectivity index (χ0v) is 8.19. The monoisotopic (exact) mass is 178 g/mol. The topological polar surface area (TPSA) is 33.2 Å². The maximum atomic E-state index is 10.6. The molecule has 0 N–H and O–H groups in total. The minimum absolute atomic E-state index is 0.0916. The van der Waals surface area contributed by atoms with Crippen LogP contribution in [0, 0.1) is 0 Å². The Balaban J connectivity index is 3.11. The third-order valence-electron chi connectivity index (χ3n) is 1.94. The second kappa shape index (κ2) is 4.03. The van der Waals surface area contributed by atoms with Crippen LogP contribution in [0.4, 0.5) is 5.82 Å². The van der Waals surface area contributed by atoms with Gasteiger partial charge in [-0.2, -0.15) is 0 Å². The van der Waals surface area contributed by atoms with Crippen molar-refractivity contribution in [3.63, 3.8) is 0 Å². The Morgan fingerprint density at radius 1 is 1.54 bits per heavy atom. The lowest BCUT2D eigenvalue weighted by Gasteiger charge is -2.16. The number of hydrogen-bond acceptors (Lipinski definition) is 3. The number of aromatic nitrogens is 1. The van der Waals surface area contributed by atoms with Crippen LogP contribution in [-0.4, -0.2) is 25.4 Å². The van der Waals surface area contributed by atoms with Crippen molar-refractivity contribution < 1.29 is 4.79 Å². The molecule has 0 spiro atoms. The molecule has 1 aromatic heterocycles.